The van der Waals surface area contributed by atoms with Crippen molar-refractivity contribution in [2.75, 3.05) is 6.61 Å². The van der Waals surface area contributed by atoms with E-state index in [1.165, 1.54) is 0 Å². The zero-order chi connectivity index (χ0) is 11.3. The highest BCUT2D eigenvalue weighted by Gasteiger charge is 2.20. The largest absolute Gasteiger partial charge is 0.495 e. The zero-order valence-electron chi connectivity index (χ0n) is 9.99. The van der Waals surface area contributed by atoms with Crippen LogP contribution in [0.3, 0.4) is 0 Å². The molecular weight excluding hydrogens is 188 g/mol. The molecule has 0 aromatic carbocycles. The summed E-state index contributed by atoms with van der Waals surface area (Å²) < 4.78 is 5.59. The Morgan fingerprint density at radius 1 is 1.53 bits per heavy atom. The number of rotatable bonds is 3. The van der Waals surface area contributed by atoms with Crippen molar-refractivity contribution in [1.82, 2.24) is 0 Å². The molecule has 0 aliphatic heterocycles. The Morgan fingerprint density at radius 2 is 2.27 bits per heavy atom. The summed E-state index contributed by atoms with van der Waals surface area (Å²) >= 11 is 0. The number of aliphatic hydroxyl groups excluding tert-OH is 1. The van der Waals surface area contributed by atoms with Gasteiger partial charge in [0.25, 0.3) is 0 Å². The van der Waals surface area contributed by atoms with Crippen molar-refractivity contribution in [3.8, 4) is 0 Å². The van der Waals surface area contributed by atoms with Crippen molar-refractivity contribution < 1.29 is 9.84 Å². The lowest BCUT2D eigenvalue weighted by molar-refractivity contribution is 0.0934. The number of allylic oxidation sites excluding steroid dienone is 3. The molecule has 86 valence electrons. The van der Waals surface area contributed by atoms with E-state index in [1.807, 2.05) is 6.08 Å². The van der Waals surface area contributed by atoms with Crippen LogP contribution in [0.5, 0.6) is 0 Å². The topological polar surface area (TPSA) is 29.5 Å². The average molecular weight is 210 g/mol. The number of hydrogen-bond acceptors (Lipinski definition) is 2. The minimum Gasteiger partial charge on any atom is -0.495 e. The van der Waals surface area contributed by atoms with Gasteiger partial charge in [-0.05, 0) is 25.3 Å². The van der Waals surface area contributed by atoms with Gasteiger partial charge in [0.2, 0.25) is 0 Å². The van der Waals surface area contributed by atoms with Crippen molar-refractivity contribution in [2.45, 2.75) is 46.1 Å². The lowest BCUT2D eigenvalue weighted by Gasteiger charge is -2.23. The molecule has 0 radical (unpaired) electrons. The molecule has 1 aliphatic rings. The lowest BCUT2D eigenvalue weighted by Crippen LogP contribution is -2.18. The van der Waals surface area contributed by atoms with E-state index in [-0.39, 0.29) is 5.41 Å². The summed E-state index contributed by atoms with van der Waals surface area (Å²) in [6, 6.07) is 0. The van der Waals surface area contributed by atoms with Crippen LogP contribution >= 0.6 is 0 Å². The van der Waals surface area contributed by atoms with Crippen LogP contribution < -0.4 is 0 Å². The van der Waals surface area contributed by atoms with Crippen molar-refractivity contribution in [2.24, 2.45) is 5.41 Å². The Morgan fingerprint density at radius 3 is 2.93 bits per heavy atom. The SMILES string of the molecule is CCCO/C1=C/C(C)(C)/C=C\CCC1O. The third-order valence-corrected chi connectivity index (χ3v) is 2.47. The standard InChI is InChI=1S/C13H22O2/c1-4-9-15-12-10-13(2,3)8-6-5-7-11(12)14/h6,8,10-11,14H,4-5,7,9H2,1-3H3/b8-6-,12-10+. The normalized spacial score (nSPS) is 30.9. The van der Waals surface area contributed by atoms with Crippen LogP contribution in [0.25, 0.3) is 0 Å². The molecule has 0 heterocycles. The summed E-state index contributed by atoms with van der Waals surface area (Å²) in [4.78, 5) is 0. The van der Waals surface area contributed by atoms with Crippen LogP contribution in [0.2, 0.25) is 0 Å². The third-order valence-electron chi connectivity index (χ3n) is 2.47. The van der Waals surface area contributed by atoms with E-state index in [1.54, 1.807) is 0 Å². The molecular formula is C13H22O2. The van der Waals surface area contributed by atoms with E-state index >= 15 is 0 Å². The third kappa shape index (κ3) is 4.08. The number of hydrogen-bond donors (Lipinski definition) is 1. The van der Waals surface area contributed by atoms with Crippen LogP contribution in [0.1, 0.15) is 40.0 Å². The average Bonchev–Trinajstić information content (AvgIpc) is 2.17. The van der Waals surface area contributed by atoms with E-state index in [0.717, 1.165) is 25.0 Å². The van der Waals surface area contributed by atoms with Gasteiger partial charge in [0, 0.05) is 5.41 Å². The quantitative estimate of drug-likeness (QED) is 0.725. The molecule has 0 fully saturated rings. The highest BCUT2D eigenvalue weighted by atomic mass is 16.5. The molecule has 0 aromatic heterocycles. The minimum atomic E-state index is -0.444. The monoisotopic (exact) mass is 210 g/mol. The highest BCUT2D eigenvalue weighted by Crippen LogP contribution is 2.26. The Kier molecular flexibility index (Phi) is 4.40. The zero-order valence-corrected chi connectivity index (χ0v) is 9.99. The Hall–Kier alpha value is -0.760. The Labute approximate surface area is 92.6 Å². The summed E-state index contributed by atoms with van der Waals surface area (Å²) in [5.41, 5.74) is -0.0233. The van der Waals surface area contributed by atoms with E-state index in [4.69, 9.17) is 4.74 Å². The first kappa shape index (κ1) is 12.3. The second-order valence-electron chi connectivity index (χ2n) is 4.71. The molecule has 1 atom stereocenters. The maximum Gasteiger partial charge on any atom is 0.121 e. The van der Waals surface area contributed by atoms with E-state index < -0.39 is 6.10 Å². The van der Waals surface area contributed by atoms with E-state index in [2.05, 4.69) is 32.9 Å². The fourth-order valence-electron chi connectivity index (χ4n) is 1.65. The second-order valence-corrected chi connectivity index (χ2v) is 4.71. The summed E-state index contributed by atoms with van der Waals surface area (Å²) in [7, 11) is 0. The van der Waals surface area contributed by atoms with Crippen LogP contribution in [0.4, 0.5) is 0 Å². The summed E-state index contributed by atoms with van der Waals surface area (Å²) in [6.45, 7) is 7.00. The minimum absolute atomic E-state index is 0.0233. The van der Waals surface area contributed by atoms with Gasteiger partial charge in [0.05, 0.1) is 6.61 Å². The van der Waals surface area contributed by atoms with Crippen molar-refractivity contribution in [3.05, 3.63) is 24.0 Å². The second kappa shape index (κ2) is 5.36. The fraction of sp³-hybridized carbons (Fsp3) is 0.692. The smallest absolute Gasteiger partial charge is 0.121 e. The van der Waals surface area contributed by atoms with Gasteiger partial charge in [-0.25, -0.2) is 0 Å². The number of ether oxygens (including phenoxy) is 1. The van der Waals surface area contributed by atoms with E-state index in [0.29, 0.717) is 6.61 Å². The molecule has 15 heavy (non-hydrogen) atoms. The van der Waals surface area contributed by atoms with E-state index in [9.17, 15) is 5.11 Å². The summed E-state index contributed by atoms with van der Waals surface area (Å²) in [5.74, 6) is 0.742. The summed E-state index contributed by atoms with van der Waals surface area (Å²) in [6.07, 6.45) is 8.54. The molecule has 0 aromatic rings. The predicted molar refractivity (Wildman–Crippen MR) is 62.5 cm³/mol. The van der Waals surface area contributed by atoms with Gasteiger partial charge in [-0.3, -0.25) is 0 Å². The first-order valence-corrected chi connectivity index (χ1v) is 5.76. The van der Waals surface area contributed by atoms with Gasteiger partial charge in [0.15, 0.2) is 0 Å². The molecule has 1 rings (SSSR count). The van der Waals surface area contributed by atoms with Gasteiger partial charge in [-0.1, -0.05) is 32.9 Å². The fourth-order valence-corrected chi connectivity index (χ4v) is 1.65. The molecule has 0 amide bonds. The Balaban J connectivity index is 2.78. The van der Waals surface area contributed by atoms with Gasteiger partial charge < -0.3 is 9.84 Å². The molecule has 0 saturated carbocycles. The van der Waals surface area contributed by atoms with Crippen LogP contribution in [0.15, 0.2) is 24.0 Å². The molecule has 1 unspecified atom stereocenters. The van der Waals surface area contributed by atoms with Crippen LogP contribution in [0, 0.1) is 5.41 Å². The van der Waals surface area contributed by atoms with Crippen molar-refractivity contribution in [3.63, 3.8) is 0 Å². The lowest BCUT2D eigenvalue weighted by atomic mass is 9.88. The van der Waals surface area contributed by atoms with Gasteiger partial charge in [0.1, 0.15) is 11.9 Å². The van der Waals surface area contributed by atoms with Crippen molar-refractivity contribution in [1.29, 1.82) is 0 Å². The molecule has 0 spiro atoms. The van der Waals surface area contributed by atoms with Crippen molar-refractivity contribution >= 4 is 0 Å². The molecule has 2 heteroatoms. The van der Waals surface area contributed by atoms with Gasteiger partial charge in [-0.15, -0.1) is 0 Å². The first-order chi connectivity index (χ1) is 7.05. The van der Waals surface area contributed by atoms with Gasteiger partial charge >= 0.3 is 0 Å². The maximum atomic E-state index is 9.91. The van der Waals surface area contributed by atoms with Gasteiger partial charge in [-0.2, -0.15) is 0 Å². The molecule has 0 saturated heterocycles. The molecule has 2 nitrogen and oxygen atoms in total. The Bertz CT molecular complexity index is 251. The predicted octanol–water partition coefficient (Wildman–Crippen LogP) is 3.03. The molecule has 1 aliphatic carbocycles. The molecule has 1 N–H and O–H groups in total. The maximum absolute atomic E-state index is 9.91. The first-order valence-electron chi connectivity index (χ1n) is 5.76. The summed E-state index contributed by atoms with van der Waals surface area (Å²) in [5, 5.41) is 9.91. The molecule has 0 bridgehead atoms. The number of aliphatic hydroxyl groups is 1. The van der Waals surface area contributed by atoms with Crippen LogP contribution in [-0.2, 0) is 4.74 Å². The highest BCUT2D eigenvalue weighted by molar-refractivity contribution is 5.15. The van der Waals surface area contributed by atoms with Crippen LogP contribution in [-0.4, -0.2) is 17.8 Å².